The summed E-state index contributed by atoms with van der Waals surface area (Å²) in [4.78, 5) is 27.5. The van der Waals surface area contributed by atoms with Crippen LogP contribution in [0.2, 0.25) is 5.02 Å². The lowest BCUT2D eigenvalue weighted by molar-refractivity contribution is -0.142. The van der Waals surface area contributed by atoms with Crippen LogP contribution < -0.4 is 10.1 Å². The number of carbonyl (C=O) groups excluding carboxylic acids is 2. The molecular formula is C24H29ClN2O3. The molecule has 0 aliphatic heterocycles. The Hall–Kier alpha value is -2.53. The van der Waals surface area contributed by atoms with Crippen LogP contribution in [0.4, 0.5) is 0 Å². The highest BCUT2D eigenvalue weighted by Crippen LogP contribution is 2.23. The van der Waals surface area contributed by atoms with Gasteiger partial charge in [0.1, 0.15) is 11.8 Å². The zero-order valence-electron chi connectivity index (χ0n) is 17.4. The molecule has 1 aliphatic carbocycles. The van der Waals surface area contributed by atoms with Crippen LogP contribution in [0, 0.1) is 0 Å². The maximum absolute atomic E-state index is 13.0. The molecule has 0 saturated heterocycles. The van der Waals surface area contributed by atoms with Gasteiger partial charge in [0, 0.05) is 12.6 Å². The highest BCUT2D eigenvalue weighted by molar-refractivity contribution is 6.32. The van der Waals surface area contributed by atoms with Crippen molar-refractivity contribution < 1.29 is 14.3 Å². The summed E-state index contributed by atoms with van der Waals surface area (Å²) in [5, 5.41) is 3.58. The lowest BCUT2D eigenvalue weighted by Gasteiger charge is -2.31. The molecule has 1 fully saturated rings. The van der Waals surface area contributed by atoms with Crippen molar-refractivity contribution in [3.8, 4) is 5.75 Å². The first-order valence-electron chi connectivity index (χ1n) is 10.6. The SMILES string of the molecule is CC(C(=O)NC1CCCCC1)N(Cc1ccccc1)C(=O)COc1ccccc1Cl. The summed E-state index contributed by atoms with van der Waals surface area (Å²) >= 11 is 6.12. The Labute approximate surface area is 183 Å². The lowest BCUT2D eigenvalue weighted by Crippen LogP contribution is -2.51. The number of ether oxygens (including phenoxy) is 1. The van der Waals surface area contributed by atoms with Crippen molar-refractivity contribution in [3.63, 3.8) is 0 Å². The van der Waals surface area contributed by atoms with E-state index in [4.69, 9.17) is 16.3 Å². The number of rotatable bonds is 8. The van der Waals surface area contributed by atoms with Crippen molar-refractivity contribution in [1.82, 2.24) is 10.2 Å². The third kappa shape index (κ3) is 6.23. The van der Waals surface area contributed by atoms with Gasteiger partial charge in [0.25, 0.3) is 5.91 Å². The van der Waals surface area contributed by atoms with Gasteiger partial charge in [-0.15, -0.1) is 0 Å². The topological polar surface area (TPSA) is 58.6 Å². The van der Waals surface area contributed by atoms with Crippen LogP contribution >= 0.6 is 11.6 Å². The Bertz CT molecular complexity index is 837. The molecule has 160 valence electrons. The van der Waals surface area contributed by atoms with Crippen LogP contribution in [0.3, 0.4) is 0 Å². The number of carbonyl (C=O) groups is 2. The Morgan fingerprint density at radius 3 is 2.43 bits per heavy atom. The fourth-order valence-electron chi connectivity index (χ4n) is 3.72. The van der Waals surface area contributed by atoms with Crippen molar-refractivity contribution in [2.24, 2.45) is 0 Å². The number of nitrogens with zero attached hydrogens (tertiary/aromatic N) is 1. The van der Waals surface area contributed by atoms with Crippen molar-refractivity contribution in [3.05, 3.63) is 65.2 Å². The predicted octanol–water partition coefficient (Wildman–Crippen LogP) is 4.59. The second-order valence-corrected chi connectivity index (χ2v) is 8.15. The molecule has 1 atom stereocenters. The largest absolute Gasteiger partial charge is 0.482 e. The minimum Gasteiger partial charge on any atom is -0.482 e. The summed E-state index contributed by atoms with van der Waals surface area (Å²) < 4.78 is 5.64. The molecule has 3 rings (SSSR count). The van der Waals surface area contributed by atoms with Crippen LogP contribution in [0.1, 0.15) is 44.6 Å². The summed E-state index contributed by atoms with van der Waals surface area (Å²) in [6, 6.07) is 16.3. The highest BCUT2D eigenvalue weighted by atomic mass is 35.5. The van der Waals surface area contributed by atoms with Crippen molar-refractivity contribution >= 4 is 23.4 Å². The maximum Gasteiger partial charge on any atom is 0.261 e. The molecular weight excluding hydrogens is 400 g/mol. The molecule has 5 nitrogen and oxygen atoms in total. The van der Waals surface area contributed by atoms with Gasteiger partial charge in [-0.3, -0.25) is 9.59 Å². The van der Waals surface area contributed by atoms with Gasteiger partial charge in [-0.05, 0) is 37.5 Å². The maximum atomic E-state index is 13.0. The van der Waals surface area contributed by atoms with Crippen LogP contribution in [-0.4, -0.2) is 35.4 Å². The number of amides is 2. The van der Waals surface area contributed by atoms with Gasteiger partial charge in [0.2, 0.25) is 5.91 Å². The Morgan fingerprint density at radius 2 is 1.73 bits per heavy atom. The molecule has 0 radical (unpaired) electrons. The van der Waals surface area contributed by atoms with E-state index in [2.05, 4.69) is 5.32 Å². The average Bonchev–Trinajstić information content (AvgIpc) is 2.77. The van der Waals surface area contributed by atoms with Gasteiger partial charge in [-0.2, -0.15) is 0 Å². The van der Waals surface area contributed by atoms with Crippen LogP contribution in [0.25, 0.3) is 0 Å². The quantitative estimate of drug-likeness (QED) is 0.669. The van der Waals surface area contributed by atoms with E-state index < -0.39 is 6.04 Å². The van der Waals surface area contributed by atoms with Crippen LogP contribution in [-0.2, 0) is 16.1 Å². The fourth-order valence-corrected chi connectivity index (χ4v) is 3.91. The first kappa shape index (κ1) is 22.2. The van der Waals surface area contributed by atoms with Crippen molar-refractivity contribution in [2.75, 3.05) is 6.61 Å². The van der Waals surface area contributed by atoms with Crippen LogP contribution in [0.15, 0.2) is 54.6 Å². The normalized spacial score (nSPS) is 15.3. The molecule has 1 saturated carbocycles. The van der Waals surface area contributed by atoms with E-state index >= 15 is 0 Å². The Balaban J connectivity index is 1.69. The molecule has 0 aromatic heterocycles. The summed E-state index contributed by atoms with van der Waals surface area (Å²) in [5.74, 6) is 0.0699. The zero-order chi connectivity index (χ0) is 21.3. The van der Waals surface area contributed by atoms with Gasteiger partial charge < -0.3 is 15.0 Å². The van der Waals surface area contributed by atoms with E-state index in [-0.39, 0.29) is 24.5 Å². The Kier molecular flexibility index (Phi) is 8.14. The number of nitrogens with one attached hydrogen (secondary N) is 1. The van der Waals surface area contributed by atoms with Gasteiger partial charge in [-0.1, -0.05) is 73.3 Å². The van der Waals surface area contributed by atoms with Gasteiger partial charge in [0.05, 0.1) is 5.02 Å². The van der Waals surface area contributed by atoms with Gasteiger partial charge in [-0.25, -0.2) is 0 Å². The summed E-state index contributed by atoms with van der Waals surface area (Å²) in [5.41, 5.74) is 0.959. The number of hydrogen-bond acceptors (Lipinski definition) is 3. The summed E-state index contributed by atoms with van der Waals surface area (Å²) in [6.45, 7) is 1.93. The third-order valence-corrected chi connectivity index (χ3v) is 5.81. The first-order valence-corrected chi connectivity index (χ1v) is 10.9. The summed E-state index contributed by atoms with van der Waals surface area (Å²) in [6.07, 6.45) is 5.50. The molecule has 1 aliphatic rings. The zero-order valence-corrected chi connectivity index (χ0v) is 18.1. The minimum absolute atomic E-state index is 0.121. The molecule has 2 aromatic rings. The first-order chi connectivity index (χ1) is 14.5. The molecule has 1 unspecified atom stereocenters. The van der Waals surface area contributed by atoms with E-state index in [1.54, 1.807) is 36.1 Å². The molecule has 2 aromatic carbocycles. The van der Waals surface area contributed by atoms with E-state index in [0.29, 0.717) is 17.3 Å². The van der Waals surface area contributed by atoms with E-state index in [0.717, 1.165) is 31.2 Å². The Morgan fingerprint density at radius 1 is 1.07 bits per heavy atom. The number of para-hydroxylation sites is 1. The molecule has 0 bridgehead atoms. The van der Waals surface area contributed by atoms with E-state index in [1.807, 2.05) is 30.3 Å². The van der Waals surface area contributed by atoms with Crippen molar-refractivity contribution in [2.45, 2.75) is 57.7 Å². The van der Waals surface area contributed by atoms with Crippen molar-refractivity contribution in [1.29, 1.82) is 0 Å². The average molecular weight is 429 g/mol. The van der Waals surface area contributed by atoms with E-state index in [9.17, 15) is 9.59 Å². The number of halogens is 1. The predicted molar refractivity (Wildman–Crippen MR) is 118 cm³/mol. The molecule has 0 heterocycles. The standard InChI is InChI=1S/C24H29ClN2O3/c1-18(24(29)26-20-12-6-3-7-13-20)27(16-19-10-4-2-5-11-19)23(28)17-30-22-15-9-8-14-21(22)25/h2,4-5,8-11,14-15,18,20H,3,6-7,12-13,16-17H2,1H3,(H,26,29). The van der Waals surface area contributed by atoms with Gasteiger partial charge in [0.15, 0.2) is 6.61 Å². The van der Waals surface area contributed by atoms with Crippen LogP contribution in [0.5, 0.6) is 5.75 Å². The molecule has 6 heteroatoms. The smallest absolute Gasteiger partial charge is 0.261 e. The second kappa shape index (κ2) is 11.0. The van der Waals surface area contributed by atoms with E-state index in [1.165, 1.54) is 6.42 Å². The molecule has 0 spiro atoms. The van der Waals surface area contributed by atoms with Gasteiger partial charge >= 0.3 is 0 Å². The molecule has 1 N–H and O–H groups in total. The number of hydrogen-bond donors (Lipinski definition) is 1. The lowest BCUT2D eigenvalue weighted by atomic mass is 9.95. The second-order valence-electron chi connectivity index (χ2n) is 7.75. The molecule has 2 amide bonds. The third-order valence-electron chi connectivity index (χ3n) is 5.50. The number of benzene rings is 2. The fraction of sp³-hybridized carbons (Fsp3) is 0.417. The highest BCUT2D eigenvalue weighted by Gasteiger charge is 2.28. The monoisotopic (exact) mass is 428 g/mol. The minimum atomic E-state index is -0.602. The molecule has 30 heavy (non-hydrogen) atoms. The summed E-state index contributed by atoms with van der Waals surface area (Å²) in [7, 11) is 0.